The highest BCUT2D eigenvalue weighted by Crippen LogP contribution is 2.32. The van der Waals surface area contributed by atoms with Crippen LogP contribution in [0.25, 0.3) is 6.08 Å². The first-order chi connectivity index (χ1) is 17.4. The molecule has 0 saturated carbocycles. The van der Waals surface area contributed by atoms with E-state index >= 15 is 0 Å². The Kier molecular flexibility index (Phi) is 7.59. The van der Waals surface area contributed by atoms with Gasteiger partial charge in [-0.2, -0.15) is 0 Å². The fourth-order valence-electron chi connectivity index (χ4n) is 4.06. The van der Waals surface area contributed by atoms with E-state index in [-0.39, 0.29) is 17.9 Å². The molecule has 1 aliphatic heterocycles. The molecule has 4 rings (SSSR count). The molecule has 188 valence electrons. The smallest absolute Gasteiger partial charge is 0.338 e. The standard InChI is InChI=1S/C27H28N2O6S/c1-5-33-19-11-9-18(10-12-19)24-23(26(32)35-7-3)16(4)28-27-29(24)25(31)22(36-27)15-17-8-13-20(30)21(14-17)34-6-2/h8-15,24,30H,5-7H2,1-4H3. The van der Waals surface area contributed by atoms with Crippen molar-refractivity contribution in [1.82, 2.24) is 4.57 Å². The molecule has 0 amide bonds. The van der Waals surface area contributed by atoms with Gasteiger partial charge in [0.25, 0.3) is 5.56 Å². The van der Waals surface area contributed by atoms with Gasteiger partial charge >= 0.3 is 5.97 Å². The first-order valence-corrected chi connectivity index (χ1v) is 12.6. The Bertz CT molecular complexity index is 1480. The second kappa shape index (κ2) is 10.8. The monoisotopic (exact) mass is 508 g/mol. The molecular weight excluding hydrogens is 480 g/mol. The van der Waals surface area contributed by atoms with Gasteiger partial charge in [0.15, 0.2) is 16.3 Å². The molecule has 3 aromatic rings. The second-order valence-corrected chi connectivity index (χ2v) is 8.97. The van der Waals surface area contributed by atoms with Crippen molar-refractivity contribution in [2.75, 3.05) is 19.8 Å². The molecule has 36 heavy (non-hydrogen) atoms. The third-order valence-corrected chi connectivity index (χ3v) is 6.59. The van der Waals surface area contributed by atoms with Crippen LogP contribution in [0.2, 0.25) is 0 Å². The van der Waals surface area contributed by atoms with Crippen LogP contribution in [0, 0.1) is 0 Å². The maximum atomic E-state index is 13.7. The van der Waals surface area contributed by atoms with Crippen LogP contribution in [0.1, 0.15) is 44.9 Å². The normalized spacial score (nSPS) is 15.3. The zero-order valence-corrected chi connectivity index (χ0v) is 21.4. The summed E-state index contributed by atoms with van der Waals surface area (Å²) in [5.74, 6) is 0.559. The van der Waals surface area contributed by atoms with Gasteiger partial charge in [0.05, 0.1) is 41.7 Å². The molecule has 1 unspecified atom stereocenters. The van der Waals surface area contributed by atoms with E-state index in [0.29, 0.717) is 50.9 Å². The molecular formula is C27H28N2O6S. The lowest BCUT2D eigenvalue weighted by Gasteiger charge is -2.24. The number of thiazole rings is 1. The van der Waals surface area contributed by atoms with Gasteiger partial charge in [-0.1, -0.05) is 29.5 Å². The van der Waals surface area contributed by atoms with Crippen molar-refractivity contribution in [2.45, 2.75) is 33.7 Å². The number of hydrogen-bond donors (Lipinski definition) is 1. The van der Waals surface area contributed by atoms with Crippen LogP contribution in [0.3, 0.4) is 0 Å². The van der Waals surface area contributed by atoms with E-state index in [1.165, 1.54) is 22.0 Å². The molecule has 2 heterocycles. The average molecular weight is 509 g/mol. The highest BCUT2D eigenvalue weighted by Gasteiger charge is 2.33. The number of benzene rings is 2. The summed E-state index contributed by atoms with van der Waals surface area (Å²) in [6.45, 7) is 8.36. The lowest BCUT2D eigenvalue weighted by molar-refractivity contribution is -0.139. The Morgan fingerprint density at radius 3 is 2.47 bits per heavy atom. The van der Waals surface area contributed by atoms with Gasteiger partial charge in [-0.05, 0) is 69.2 Å². The van der Waals surface area contributed by atoms with Gasteiger partial charge in [0.2, 0.25) is 0 Å². The van der Waals surface area contributed by atoms with Crippen LogP contribution >= 0.6 is 11.3 Å². The van der Waals surface area contributed by atoms with Crippen LogP contribution in [0.4, 0.5) is 0 Å². The Morgan fingerprint density at radius 1 is 1.08 bits per heavy atom. The zero-order chi connectivity index (χ0) is 25.8. The van der Waals surface area contributed by atoms with Gasteiger partial charge in [0, 0.05) is 0 Å². The fraction of sp³-hybridized carbons (Fsp3) is 0.296. The first-order valence-electron chi connectivity index (χ1n) is 11.8. The molecule has 1 aliphatic rings. The number of phenolic OH excluding ortho intramolecular Hbond substituents is 1. The topological polar surface area (TPSA) is 99.4 Å². The number of hydrogen-bond acceptors (Lipinski definition) is 8. The molecule has 2 aromatic carbocycles. The summed E-state index contributed by atoms with van der Waals surface area (Å²) < 4.78 is 18.3. The molecule has 9 heteroatoms. The van der Waals surface area contributed by atoms with Gasteiger partial charge in [-0.15, -0.1) is 0 Å². The third kappa shape index (κ3) is 4.92. The predicted octanol–water partition coefficient (Wildman–Crippen LogP) is 3.30. The Balaban J connectivity index is 1.89. The predicted molar refractivity (Wildman–Crippen MR) is 137 cm³/mol. The number of nitrogens with zero attached hydrogens (tertiary/aromatic N) is 2. The second-order valence-electron chi connectivity index (χ2n) is 7.96. The number of aromatic nitrogens is 1. The number of phenols is 1. The van der Waals surface area contributed by atoms with E-state index in [0.717, 1.165) is 5.56 Å². The number of rotatable bonds is 8. The molecule has 0 fully saturated rings. The van der Waals surface area contributed by atoms with Crippen molar-refractivity contribution in [3.05, 3.63) is 84.5 Å². The number of carbonyl (C=O) groups is 1. The summed E-state index contributed by atoms with van der Waals surface area (Å²) in [5, 5.41) is 10.0. The molecule has 0 saturated heterocycles. The van der Waals surface area contributed by atoms with Crippen LogP contribution in [-0.2, 0) is 9.53 Å². The van der Waals surface area contributed by atoms with Crippen LogP contribution in [-0.4, -0.2) is 35.5 Å². The highest BCUT2D eigenvalue weighted by atomic mass is 32.1. The minimum Gasteiger partial charge on any atom is -0.504 e. The largest absolute Gasteiger partial charge is 0.504 e. The summed E-state index contributed by atoms with van der Waals surface area (Å²) in [6, 6.07) is 11.5. The maximum absolute atomic E-state index is 13.7. The molecule has 8 nitrogen and oxygen atoms in total. The summed E-state index contributed by atoms with van der Waals surface area (Å²) in [5.41, 5.74) is 1.98. The number of carbonyl (C=O) groups excluding carboxylic acids is 1. The molecule has 0 spiro atoms. The molecule has 0 radical (unpaired) electrons. The number of allylic oxidation sites excluding steroid dienone is 1. The Hall–Kier alpha value is -3.85. The van der Waals surface area contributed by atoms with E-state index in [1.807, 2.05) is 38.1 Å². The lowest BCUT2D eigenvalue weighted by Crippen LogP contribution is -2.39. The van der Waals surface area contributed by atoms with Crippen LogP contribution in [0.15, 0.2) is 63.5 Å². The number of aromatic hydroxyl groups is 1. The van der Waals surface area contributed by atoms with Crippen molar-refractivity contribution in [1.29, 1.82) is 0 Å². The van der Waals surface area contributed by atoms with E-state index in [1.54, 1.807) is 32.1 Å². The molecule has 0 aliphatic carbocycles. The summed E-state index contributed by atoms with van der Waals surface area (Å²) in [4.78, 5) is 31.7. The van der Waals surface area contributed by atoms with E-state index in [4.69, 9.17) is 14.2 Å². The van der Waals surface area contributed by atoms with Crippen LogP contribution < -0.4 is 24.4 Å². The maximum Gasteiger partial charge on any atom is 0.338 e. The molecule has 1 N–H and O–H groups in total. The first kappa shape index (κ1) is 25.2. The van der Waals surface area contributed by atoms with Gasteiger partial charge in [-0.3, -0.25) is 9.36 Å². The van der Waals surface area contributed by atoms with Gasteiger partial charge in [0.1, 0.15) is 5.75 Å². The Morgan fingerprint density at radius 2 is 1.81 bits per heavy atom. The van der Waals surface area contributed by atoms with Crippen molar-refractivity contribution in [2.24, 2.45) is 4.99 Å². The summed E-state index contributed by atoms with van der Waals surface area (Å²) >= 11 is 1.23. The molecule has 0 bridgehead atoms. The van der Waals surface area contributed by atoms with E-state index in [2.05, 4.69) is 4.99 Å². The minimum atomic E-state index is -0.697. The highest BCUT2D eigenvalue weighted by molar-refractivity contribution is 7.07. The minimum absolute atomic E-state index is 0.0284. The lowest BCUT2D eigenvalue weighted by atomic mass is 9.96. The third-order valence-electron chi connectivity index (χ3n) is 5.61. The van der Waals surface area contributed by atoms with Crippen molar-refractivity contribution < 1.29 is 24.1 Å². The van der Waals surface area contributed by atoms with Crippen molar-refractivity contribution >= 4 is 23.4 Å². The Labute approximate surface area is 212 Å². The van der Waals surface area contributed by atoms with Gasteiger partial charge in [-0.25, -0.2) is 9.79 Å². The van der Waals surface area contributed by atoms with E-state index in [9.17, 15) is 14.7 Å². The quantitative estimate of drug-likeness (QED) is 0.469. The molecule has 1 atom stereocenters. The summed E-state index contributed by atoms with van der Waals surface area (Å²) in [6.07, 6.45) is 1.73. The number of ether oxygens (including phenoxy) is 3. The molecule has 1 aromatic heterocycles. The number of fused-ring (bicyclic) bond motifs is 1. The van der Waals surface area contributed by atoms with Crippen LogP contribution in [0.5, 0.6) is 17.2 Å². The zero-order valence-electron chi connectivity index (χ0n) is 20.6. The number of esters is 1. The van der Waals surface area contributed by atoms with Crippen molar-refractivity contribution in [3.8, 4) is 17.2 Å². The fourth-order valence-corrected chi connectivity index (χ4v) is 5.11. The van der Waals surface area contributed by atoms with Crippen molar-refractivity contribution in [3.63, 3.8) is 0 Å². The average Bonchev–Trinajstić information content (AvgIpc) is 3.15. The van der Waals surface area contributed by atoms with E-state index < -0.39 is 12.0 Å². The van der Waals surface area contributed by atoms with Gasteiger partial charge < -0.3 is 19.3 Å². The summed E-state index contributed by atoms with van der Waals surface area (Å²) in [7, 11) is 0. The SMILES string of the molecule is CCOC(=O)C1=C(C)N=c2sc(=Cc3ccc(O)c(OCC)c3)c(=O)n2C1c1ccc(OCC)cc1.